The van der Waals surface area contributed by atoms with Crippen LogP contribution in [0.2, 0.25) is 0 Å². The third kappa shape index (κ3) is 5.41. The fourth-order valence-electron chi connectivity index (χ4n) is 4.13. The molecule has 1 atom stereocenters. The van der Waals surface area contributed by atoms with Gasteiger partial charge in [0.25, 0.3) is 10.0 Å². The number of rotatable bonds is 9. The number of aryl methyl sites for hydroxylation is 1. The molecule has 0 fully saturated rings. The second-order valence-corrected chi connectivity index (χ2v) is 10.3. The van der Waals surface area contributed by atoms with Crippen LogP contribution in [0.3, 0.4) is 0 Å². The van der Waals surface area contributed by atoms with Crippen LogP contribution in [0.15, 0.2) is 71.6 Å². The molecule has 0 saturated heterocycles. The first kappa shape index (κ1) is 25.4. The maximum atomic E-state index is 13.6. The second kappa shape index (κ2) is 10.9. The Hall–Kier alpha value is -3.72. The van der Waals surface area contributed by atoms with Gasteiger partial charge in [-0.05, 0) is 54.8 Å². The number of carbonyl (C=O) groups is 1. The number of anilines is 1. The Kier molecular flexibility index (Phi) is 7.69. The van der Waals surface area contributed by atoms with Crippen LogP contribution >= 0.6 is 0 Å². The topological polar surface area (TPSA) is 94.2 Å². The Balaban J connectivity index is 1.63. The summed E-state index contributed by atoms with van der Waals surface area (Å²) in [5, 5.41) is 2.99. The predicted octanol–water partition coefficient (Wildman–Crippen LogP) is 4.24. The van der Waals surface area contributed by atoms with E-state index >= 15 is 0 Å². The second-order valence-electron chi connectivity index (χ2n) is 8.41. The highest BCUT2D eigenvalue weighted by Crippen LogP contribution is 2.35. The van der Waals surface area contributed by atoms with Gasteiger partial charge in [-0.15, -0.1) is 0 Å². The third-order valence-corrected chi connectivity index (χ3v) is 7.78. The van der Waals surface area contributed by atoms with E-state index < -0.39 is 22.5 Å². The van der Waals surface area contributed by atoms with E-state index in [2.05, 4.69) is 5.32 Å². The van der Waals surface area contributed by atoms with Crippen molar-refractivity contribution in [2.24, 2.45) is 0 Å². The van der Waals surface area contributed by atoms with Gasteiger partial charge in [0.15, 0.2) is 11.5 Å². The third-order valence-electron chi connectivity index (χ3n) is 6.00. The van der Waals surface area contributed by atoms with E-state index in [0.717, 1.165) is 21.2 Å². The van der Waals surface area contributed by atoms with Crippen molar-refractivity contribution in [2.75, 3.05) is 31.2 Å². The largest absolute Gasteiger partial charge is 0.496 e. The van der Waals surface area contributed by atoms with E-state index in [0.29, 0.717) is 36.8 Å². The molecule has 0 bridgehead atoms. The van der Waals surface area contributed by atoms with Gasteiger partial charge < -0.3 is 19.5 Å². The van der Waals surface area contributed by atoms with Crippen molar-refractivity contribution < 1.29 is 27.4 Å². The molecule has 190 valence electrons. The number of ether oxygens (including phenoxy) is 3. The van der Waals surface area contributed by atoms with Crippen molar-refractivity contribution >= 4 is 21.6 Å². The van der Waals surface area contributed by atoms with Gasteiger partial charge in [0.2, 0.25) is 5.91 Å². The van der Waals surface area contributed by atoms with E-state index in [9.17, 15) is 13.2 Å². The van der Waals surface area contributed by atoms with Gasteiger partial charge in [0, 0.05) is 6.07 Å². The number of carbonyl (C=O) groups excluding carboxylic acids is 1. The quantitative estimate of drug-likeness (QED) is 0.463. The molecular weight excluding hydrogens is 480 g/mol. The normalized spacial score (nSPS) is 13.5. The average Bonchev–Trinajstić information content (AvgIpc) is 2.90. The number of nitrogens with one attached hydrogen (secondary N) is 1. The molecule has 0 spiro atoms. The lowest BCUT2D eigenvalue weighted by Gasteiger charge is -2.27. The van der Waals surface area contributed by atoms with Crippen LogP contribution in [0, 0.1) is 6.92 Å². The monoisotopic (exact) mass is 510 g/mol. The van der Waals surface area contributed by atoms with E-state index in [1.165, 1.54) is 12.1 Å². The number of sulfonamides is 1. The molecule has 4 rings (SSSR count). The lowest BCUT2D eigenvalue weighted by Crippen LogP contribution is -2.42. The molecule has 1 unspecified atom stereocenters. The van der Waals surface area contributed by atoms with Crippen LogP contribution in [0.5, 0.6) is 17.2 Å². The summed E-state index contributed by atoms with van der Waals surface area (Å²) in [5.41, 5.74) is 2.18. The highest BCUT2D eigenvalue weighted by molar-refractivity contribution is 7.92. The average molecular weight is 511 g/mol. The van der Waals surface area contributed by atoms with Gasteiger partial charge in [-0.3, -0.25) is 9.10 Å². The van der Waals surface area contributed by atoms with Crippen LogP contribution < -0.4 is 23.8 Å². The minimum absolute atomic E-state index is 0.0884. The Labute approximate surface area is 211 Å². The van der Waals surface area contributed by atoms with Crippen molar-refractivity contribution in [2.45, 2.75) is 31.2 Å². The molecule has 9 heteroatoms. The lowest BCUT2D eigenvalue weighted by molar-refractivity contribution is -0.120. The predicted molar refractivity (Wildman–Crippen MR) is 137 cm³/mol. The fraction of sp³-hybridized carbons (Fsp3) is 0.296. The highest BCUT2D eigenvalue weighted by atomic mass is 32.2. The molecule has 8 nitrogen and oxygen atoms in total. The summed E-state index contributed by atoms with van der Waals surface area (Å²) in [6.07, 6.45) is 0.632. The minimum atomic E-state index is -4.04. The zero-order chi connectivity index (χ0) is 25.7. The maximum absolute atomic E-state index is 13.6. The van der Waals surface area contributed by atoms with Crippen molar-refractivity contribution in [1.82, 2.24) is 5.32 Å². The molecule has 36 heavy (non-hydrogen) atoms. The summed E-state index contributed by atoms with van der Waals surface area (Å²) in [6.45, 7) is 4.28. The van der Waals surface area contributed by atoms with Crippen molar-refractivity contribution in [1.29, 1.82) is 0 Å². The van der Waals surface area contributed by atoms with Crippen LogP contribution in [0.4, 0.5) is 5.69 Å². The molecule has 0 aromatic heterocycles. The standard InChI is InChI=1S/C27H30N2O6S/c1-4-23(20-10-12-24(33-3)19(2)16-20)28-27(30)18-29(36(31,32)22-8-6-5-7-9-22)21-11-13-25-26(17-21)35-15-14-34-25/h5-13,16-17,23H,4,14-15,18H2,1-3H3,(H,28,30). The molecule has 3 aromatic carbocycles. The zero-order valence-corrected chi connectivity index (χ0v) is 21.4. The Morgan fingerprint density at radius 3 is 2.42 bits per heavy atom. The van der Waals surface area contributed by atoms with Gasteiger partial charge in [0.05, 0.1) is 23.7 Å². The molecule has 1 heterocycles. The lowest BCUT2D eigenvalue weighted by atomic mass is 10.0. The van der Waals surface area contributed by atoms with Gasteiger partial charge >= 0.3 is 0 Å². The minimum Gasteiger partial charge on any atom is -0.496 e. The van der Waals surface area contributed by atoms with Gasteiger partial charge in [-0.2, -0.15) is 0 Å². The van der Waals surface area contributed by atoms with E-state index in [1.807, 2.05) is 32.0 Å². The van der Waals surface area contributed by atoms with Gasteiger partial charge in [-0.1, -0.05) is 37.3 Å². The van der Waals surface area contributed by atoms with Crippen LogP contribution in [-0.2, 0) is 14.8 Å². The van der Waals surface area contributed by atoms with E-state index in [1.54, 1.807) is 43.5 Å². The number of amides is 1. The molecule has 0 radical (unpaired) electrons. The molecule has 1 amide bonds. The fourth-order valence-corrected chi connectivity index (χ4v) is 5.57. The molecular formula is C27H30N2O6S. The zero-order valence-electron chi connectivity index (χ0n) is 20.6. The summed E-state index contributed by atoms with van der Waals surface area (Å²) in [5.74, 6) is 1.31. The van der Waals surface area contributed by atoms with Crippen molar-refractivity contribution in [3.8, 4) is 17.2 Å². The molecule has 1 N–H and O–H groups in total. The van der Waals surface area contributed by atoms with E-state index in [-0.39, 0.29) is 10.9 Å². The molecule has 3 aromatic rings. The molecule has 0 saturated carbocycles. The molecule has 1 aliphatic rings. The maximum Gasteiger partial charge on any atom is 0.264 e. The van der Waals surface area contributed by atoms with Crippen molar-refractivity contribution in [3.63, 3.8) is 0 Å². The summed E-state index contributed by atoms with van der Waals surface area (Å²) in [6, 6.07) is 18.4. The number of nitrogens with zero attached hydrogens (tertiary/aromatic N) is 1. The summed E-state index contributed by atoms with van der Waals surface area (Å²) < 4.78 is 44.9. The molecule has 1 aliphatic heterocycles. The Morgan fingerprint density at radius 2 is 1.75 bits per heavy atom. The van der Waals surface area contributed by atoms with Crippen LogP contribution in [0.25, 0.3) is 0 Å². The SMILES string of the molecule is CCC(NC(=O)CN(c1ccc2c(c1)OCCO2)S(=O)(=O)c1ccccc1)c1ccc(OC)c(C)c1. The Bertz CT molecular complexity index is 1330. The Morgan fingerprint density at radius 1 is 1.03 bits per heavy atom. The number of benzene rings is 3. The summed E-state index contributed by atoms with van der Waals surface area (Å²) >= 11 is 0. The summed E-state index contributed by atoms with van der Waals surface area (Å²) in [7, 11) is -2.43. The first-order valence-corrected chi connectivity index (χ1v) is 13.2. The van der Waals surface area contributed by atoms with Crippen LogP contribution in [0.1, 0.15) is 30.5 Å². The van der Waals surface area contributed by atoms with Crippen molar-refractivity contribution in [3.05, 3.63) is 77.9 Å². The first-order valence-electron chi connectivity index (χ1n) is 11.7. The van der Waals surface area contributed by atoms with Gasteiger partial charge in [0.1, 0.15) is 25.5 Å². The van der Waals surface area contributed by atoms with Crippen LogP contribution in [-0.4, -0.2) is 41.2 Å². The number of methoxy groups -OCH3 is 1. The van der Waals surface area contributed by atoms with E-state index in [4.69, 9.17) is 14.2 Å². The first-order chi connectivity index (χ1) is 17.3. The smallest absolute Gasteiger partial charge is 0.264 e. The van der Waals surface area contributed by atoms with Gasteiger partial charge in [-0.25, -0.2) is 8.42 Å². The number of fused-ring (bicyclic) bond motifs is 1. The summed E-state index contributed by atoms with van der Waals surface area (Å²) in [4.78, 5) is 13.3. The number of hydrogen-bond donors (Lipinski definition) is 1. The molecule has 0 aliphatic carbocycles. The highest BCUT2D eigenvalue weighted by Gasteiger charge is 2.29. The number of hydrogen-bond acceptors (Lipinski definition) is 6.